The molecule has 114 valence electrons. The third kappa shape index (κ3) is 4.37. The number of benzene rings is 1. The summed E-state index contributed by atoms with van der Waals surface area (Å²) in [5.41, 5.74) is 1.65. The minimum Gasteiger partial charge on any atom is -0.381 e. The predicted octanol–water partition coefficient (Wildman–Crippen LogP) is 2.80. The molecule has 0 amide bonds. The highest BCUT2D eigenvalue weighted by molar-refractivity contribution is 7.99. The van der Waals surface area contributed by atoms with Gasteiger partial charge in [0.2, 0.25) is 0 Å². The molecule has 1 heterocycles. The van der Waals surface area contributed by atoms with Crippen LogP contribution in [0.1, 0.15) is 19.4 Å². The molecule has 21 heavy (non-hydrogen) atoms. The molecule has 0 radical (unpaired) electrons. The van der Waals surface area contributed by atoms with Crippen LogP contribution in [0.3, 0.4) is 0 Å². The molecule has 5 heteroatoms. The molecule has 0 saturated carbocycles. The Morgan fingerprint density at radius 2 is 2.33 bits per heavy atom. The number of thioether (sulfide) groups is 1. The number of morpholine rings is 1. The molecule has 1 unspecified atom stereocenters. The Balaban J connectivity index is 1.99. The quantitative estimate of drug-likeness (QED) is 0.819. The molecule has 1 aliphatic rings. The second-order valence-electron chi connectivity index (χ2n) is 4.99. The first-order chi connectivity index (χ1) is 10.3. The van der Waals surface area contributed by atoms with E-state index in [0.29, 0.717) is 0 Å². The van der Waals surface area contributed by atoms with Gasteiger partial charge in [-0.25, -0.2) is 0 Å². The summed E-state index contributed by atoms with van der Waals surface area (Å²) in [6, 6.07) is 8.30. The van der Waals surface area contributed by atoms with Crippen LogP contribution in [-0.4, -0.2) is 49.5 Å². The van der Waals surface area contributed by atoms with Gasteiger partial charge in [0.25, 0.3) is 0 Å². The minimum absolute atomic E-state index is 0.188. The van der Waals surface area contributed by atoms with Crippen LogP contribution < -0.4 is 5.32 Å². The number of rotatable bonds is 6. The highest BCUT2D eigenvalue weighted by Crippen LogP contribution is 2.27. The Morgan fingerprint density at radius 1 is 1.48 bits per heavy atom. The van der Waals surface area contributed by atoms with Crippen LogP contribution in [0.25, 0.3) is 0 Å². The van der Waals surface area contributed by atoms with E-state index in [0.717, 1.165) is 54.7 Å². The normalized spacial score (nSPS) is 19.2. The number of nitriles is 1. The molecule has 4 nitrogen and oxygen atoms in total. The lowest BCUT2D eigenvalue weighted by atomic mass is 10.2. The maximum Gasteiger partial charge on any atom is 0.102 e. The van der Waals surface area contributed by atoms with Gasteiger partial charge in [-0.1, -0.05) is 19.9 Å². The van der Waals surface area contributed by atoms with Gasteiger partial charge in [0, 0.05) is 24.5 Å². The summed E-state index contributed by atoms with van der Waals surface area (Å²) < 4.78 is 5.79. The van der Waals surface area contributed by atoms with Crippen molar-refractivity contribution in [1.29, 1.82) is 5.26 Å². The number of nitrogens with one attached hydrogen (secondary N) is 1. The Kier molecular flexibility index (Phi) is 6.37. The van der Waals surface area contributed by atoms with Gasteiger partial charge in [-0.05, 0) is 24.4 Å². The number of hydrogen-bond donors (Lipinski definition) is 1. The summed E-state index contributed by atoms with van der Waals surface area (Å²) in [6.45, 7) is 8.83. The van der Waals surface area contributed by atoms with Crippen LogP contribution in [0, 0.1) is 11.3 Å². The maximum absolute atomic E-state index is 9.40. The molecule has 1 aromatic rings. The number of anilines is 1. The largest absolute Gasteiger partial charge is 0.381 e. The van der Waals surface area contributed by atoms with Crippen molar-refractivity contribution >= 4 is 17.4 Å². The predicted molar refractivity (Wildman–Crippen MR) is 87.9 cm³/mol. The molecule has 0 bridgehead atoms. The highest BCUT2D eigenvalue weighted by Gasteiger charge is 2.19. The fourth-order valence-electron chi connectivity index (χ4n) is 2.48. The lowest BCUT2D eigenvalue weighted by Crippen LogP contribution is -2.45. The summed E-state index contributed by atoms with van der Waals surface area (Å²) in [5.74, 6) is 0.968. The van der Waals surface area contributed by atoms with Crippen LogP contribution >= 0.6 is 11.8 Å². The zero-order valence-electron chi connectivity index (χ0n) is 12.8. The molecule has 1 atom stereocenters. The molecule has 1 fully saturated rings. The first-order valence-electron chi connectivity index (χ1n) is 7.52. The van der Waals surface area contributed by atoms with Crippen LogP contribution in [0.4, 0.5) is 5.69 Å². The van der Waals surface area contributed by atoms with Crippen molar-refractivity contribution in [3.05, 3.63) is 23.8 Å². The molecule has 2 rings (SSSR count). The average molecular weight is 305 g/mol. The monoisotopic (exact) mass is 305 g/mol. The van der Waals surface area contributed by atoms with Gasteiger partial charge in [-0.15, -0.1) is 11.8 Å². The summed E-state index contributed by atoms with van der Waals surface area (Å²) in [7, 11) is 0. The molecule has 1 aliphatic heterocycles. The van der Waals surface area contributed by atoms with Crippen LogP contribution in [0.5, 0.6) is 0 Å². The average Bonchev–Trinajstić information content (AvgIpc) is 2.53. The standard InChI is InChI=1S/C16H23N3OS/c1-3-19-8-9-20-13(12-19)11-18-15-6-5-7-16(21-4-2)14(15)10-17/h5-7,13,18H,3-4,8-9,11-12H2,1-2H3. The lowest BCUT2D eigenvalue weighted by Gasteiger charge is -2.32. The minimum atomic E-state index is 0.188. The van der Waals surface area contributed by atoms with E-state index in [1.807, 2.05) is 18.2 Å². The van der Waals surface area contributed by atoms with E-state index in [2.05, 4.69) is 30.1 Å². The molecule has 1 aromatic carbocycles. The summed E-state index contributed by atoms with van der Waals surface area (Å²) in [5, 5.41) is 12.8. The number of nitrogens with zero attached hydrogens (tertiary/aromatic N) is 2. The fraction of sp³-hybridized carbons (Fsp3) is 0.562. The highest BCUT2D eigenvalue weighted by atomic mass is 32.2. The molecule has 0 spiro atoms. The van der Waals surface area contributed by atoms with Crippen molar-refractivity contribution in [2.75, 3.05) is 43.9 Å². The third-order valence-electron chi connectivity index (χ3n) is 3.63. The summed E-state index contributed by atoms with van der Waals surface area (Å²) in [6.07, 6.45) is 0.188. The molecule has 1 saturated heterocycles. The molecule has 1 N–H and O–H groups in total. The molecular formula is C16H23N3OS. The van der Waals surface area contributed by atoms with E-state index in [9.17, 15) is 5.26 Å². The zero-order chi connectivity index (χ0) is 15.1. The first kappa shape index (κ1) is 16.2. The molecule has 0 aromatic heterocycles. The van der Waals surface area contributed by atoms with Gasteiger partial charge >= 0.3 is 0 Å². The topological polar surface area (TPSA) is 48.3 Å². The smallest absolute Gasteiger partial charge is 0.102 e. The molecular weight excluding hydrogens is 282 g/mol. The Bertz CT molecular complexity index is 501. The Hall–Kier alpha value is -1.22. The SMILES string of the molecule is CCSc1cccc(NCC2CN(CC)CCO2)c1C#N. The zero-order valence-corrected chi connectivity index (χ0v) is 13.6. The maximum atomic E-state index is 9.40. The van der Waals surface area contributed by atoms with Crippen LogP contribution in [-0.2, 0) is 4.74 Å². The van der Waals surface area contributed by atoms with Gasteiger partial charge < -0.3 is 10.1 Å². The lowest BCUT2D eigenvalue weighted by molar-refractivity contribution is -0.0191. The second kappa shape index (κ2) is 8.28. The van der Waals surface area contributed by atoms with E-state index >= 15 is 0 Å². The fourth-order valence-corrected chi connectivity index (χ4v) is 3.27. The van der Waals surface area contributed by atoms with E-state index in [-0.39, 0.29) is 6.10 Å². The van der Waals surface area contributed by atoms with E-state index in [1.54, 1.807) is 11.8 Å². The van der Waals surface area contributed by atoms with Crippen molar-refractivity contribution in [2.24, 2.45) is 0 Å². The van der Waals surface area contributed by atoms with E-state index in [4.69, 9.17) is 4.74 Å². The first-order valence-corrected chi connectivity index (χ1v) is 8.50. The van der Waals surface area contributed by atoms with Crippen molar-refractivity contribution in [3.8, 4) is 6.07 Å². The van der Waals surface area contributed by atoms with Gasteiger partial charge in [0.1, 0.15) is 6.07 Å². The second-order valence-corrected chi connectivity index (χ2v) is 6.30. The van der Waals surface area contributed by atoms with Crippen molar-refractivity contribution in [2.45, 2.75) is 24.8 Å². The number of hydrogen-bond acceptors (Lipinski definition) is 5. The Morgan fingerprint density at radius 3 is 3.05 bits per heavy atom. The molecule has 0 aliphatic carbocycles. The summed E-state index contributed by atoms with van der Waals surface area (Å²) in [4.78, 5) is 3.44. The number of ether oxygens (including phenoxy) is 1. The van der Waals surface area contributed by atoms with Crippen molar-refractivity contribution < 1.29 is 4.74 Å². The Labute approximate surface area is 131 Å². The van der Waals surface area contributed by atoms with Gasteiger partial charge in [0.15, 0.2) is 0 Å². The van der Waals surface area contributed by atoms with Crippen molar-refractivity contribution in [1.82, 2.24) is 4.90 Å². The number of likely N-dealkylation sites (N-methyl/N-ethyl adjacent to an activating group) is 1. The van der Waals surface area contributed by atoms with Crippen molar-refractivity contribution in [3.63, 3.8) is 0 Å². The van der Waals surface area contributed by atoms with Crippen LogP contribution in [0.2, 0.25) is 0 Å². The van der Waals surface area contributed by atoms with Gasteiger partial charge in [-0.2, -0.15) is 5.26 Å². The van der Waals surface area contributed by atoms with E-state index in [1.165, 1.54) is 0 Å². The van der Waals surface area contributed by atoms with Gasteiger partial charge in [-0.3, -0.25) is 4.90 Å². The van der Waals surface area contributed by atoms with E-state index < -0.39 is 0 Å². The van der Waals surface area contributed by atoms with Crippen LogP contribution in [0.15, 0.2) is 23.1 Å². The third-order valence-corrected chi connectivity index (χ3v) is 4.57. The summed E-state index contributed by atoms with van der Waals surface area (Å²) >= 11 is 1.70. The van der Waals surface area contributed by atoms with Gasteiger partial charge in [0.05, 0.1) is 24.0 Å².